The Kier molecular flexibility index (Phi) is 4.22. The van der Waals surface area contributed by atoms with E-state index in [-0.39, 0.29) is 11.6 Å². The maximum atomic E-state index is 12.5. The average molecular weight is 289 g/mol. The summed E-state index contributed by atoms with van der Waals surface area (Å²) in [4.78, 5) is 0. The van der Waals surface area contributed by atoms with E-state index >= 15 is 0 Å². The van der Waals surface area contributed by atoms with Crippen LogP contribution in [0.2, 0.25) is 0 Å². The van der Waals surface area contributed by atoms with E-state index in [1.54, 1.807) is 0 Å². The number of halogens is 6. The topological polar surface area (TPSA) is 12.0 Å². The van der Waals surface area contributed by atoms with Crippen molar-refractivity contribution < 1.29 is 26.3 Å². The SMILES string of the molecule is C[C@@H](NS)c1cc(C(F)(F)F)cc(C(F)(F)F)c1. The van der Waals surface area contributed by atoms with E-state index in [4.69, 9.17) is 0 Å². The number of nitrogens with one attached hydrogen (secondary N) is 1. The van der Waals surface area contributed by atoms with Crippen LogP contribution in [0.4, 0.5) is 26.3 Å². The van der Waals surface area contributed by atoms with Crippen LogP contribution in [0.1, 0.15) is 29.7 Å². The number of alkyl halides is 6. The van der Waals surface area contributed by atoms with Crippen LogP contribution in [0.15, 0.2) is 18.2 Å². The highest BCUT2D eigenvalue weighted by molar-refractivity contribution is 7.78. The lowest BCUT2D eigenvalue weighted by molar-refractivity contribution is -0.143. The lowest BCUT2D eigenvalue weighted by Gasteiger charge is -2.17. The van der Waals surface area contributed by atoms with Crippen LogP contribution >= 0.6 is 12.8 Å². The smallest absolute Gasteiger partial charge is 0.260 e. The van der Waals surface area contributed by atoms with Gasteiger partial charge < -0.3 is 0 Å². The average Bonchev–Trinajstić information content (AvgIpc) is 2.25. The van der Waals surface area contributed by atoms with Gasteiger partial charge in [0.25, 0.3) is 0 Å². The van der Waals surface area contributed by atoms with Crippen molar-refractivity contribution in [3.05, 3.63) is 34.9 Å². The van der Waals surface area contributed by atoms with E-state index in [0.717, 1.165) is 0 Å². The van der Waals surface area contributed by atoms with Gasteiger partial charge in [-0.1, -0.05) is 12.8 Å². The lowest BCUT2D eigenvalue weighted by atomic mass is 10.0. The molecule has 18 heavy (non-hydrogen) atoms. The molecule has 0 aliphatic rings. The predicted octanol–water partition coefficient (Wildman–Crippen LogP) is 4.22. The van der Waals surface area contributed by atoms with Gasteiger partial charge >= 0.3 is 12.4 Å². The molecule has 1 nitrogen and oxygen atoms in total. The molecule has 0 bridgehead atoms. The molecule has 0 saturated heterocycles. The highest BCUT2D eigenvalue weighted by Gasteiger charge is 2.37. The monoisotopic (exact) mass is 289 g/mol. The quantitative estimate of drug-likeness (QED) is 0.613. The third-order valence-electron chi connectivity index (χ3n) is 2.30. The summed E-state index contributed by atoms with van der Waals surface area (Å²) >= 11 is 3.63. The molecular weight excluding hydrogens is 280 g/mol. The molecule has 0 aromatic heterocycles. The van der Waals surface area contributed by atoms with E-state index in [0.29, 0.717) is 12.1 Å². The first-order valence-electron chi connectivity index (χ1n) is 4.74. The number of benzene rings is 1. The van der Waals surface area contributed by atoms with Gasteiger partial charge in [-0.25, -0.2) is 0 Å². The fourth-order valence-corrected chi connectivity index (χ4v) is 1.45. The largest absolute Gasteiger partial charge is 0.416 e. The van der Waals surface area contributed by atoms with Gasteiger partial charge in [0.2, 0.25) is 0 Å². The molecule has 1 aromatic rings. The molecule has 1 aromatic carbocycles. The zero-order valence-electron chi connectivity index (χ0n) is 9.02. The molecule has 8 heteroatoms. The summed E-state index contributed by atoms with van der Waals surface area (Å²) < 4.78 is 77.3. The molecule has 1 rings (SSSR count). The molecule has 1 atom stereocenters. The number of rotatable bonds is 2. The maximum Gasteiger partial charge on any atom is 0.416 e. The van der Waals surface area contributed by atoms with Crippen LogP contribution in [0, 0.1) is 0 Å². The van der Waals surface area contributed by atoms with Gasteiger partial charge in [-0.3, -0.25) is 4.72 Å². The summed E-state index contributed by atoms with van der Waals surface area (Å²) in [6.07, 6.45) is -9.65. The third-order valence-corrected chi connectivity index (χ3v) is 2.69. The Morgan fingerprint density at radius 1 is 0.944 bits per heavy atom. The minimum atomic E-state index is -4.83. The zero-order chi connectivity index (χ0) is 14.1. The van der Waals surface area contributed by atoms with Gasteiger partial charge in [0.1, 0.15) is 0 Å². The van der Waals surface area contributed by atoms with Gasteiger partial charge in [-0.2, -0.15) is 26.3 Å². The van der Waals surface area contributed by atoms with Gasteiger partial charge in [-0.15, -0.1) is 0 Å². The molecule has 0 unspecified atom stereocenters. The second-order valence-electron chi connectivity index (χ2n) is 3.69. The zero-order valence-corrected chi connectivity index (χ0v) is 9.92. The van der Waals surface area contributed by atoms with Crippen molar-refractivity contribution >= 4 is 12.8 Å². The Hall–Kier alpha value is -0.890. The Bertz CT molecular complexity index is 393. The Morgan fingerprint density at radius 2 is 1.33 bits per heavy atom. The first-order valence-corrected chi connectivity index (χ1v) is 5.19. The third kappa shape index (κ3) is 3.55. The van der Waals surface area contributed by atoms with Crippen molar-refractivity contribution in [2.24, 2.45) is 0 Å². The van der Waals surface area contributed by atoms with E-state index < -0.39 is 29.5 Å². The number of thiol groups is 1. The van der Waals surface area contributed by atoms with Crippen molar-refractivity contribution in [1.29, 1.82) is 0 Å². The van der Waals surface area contributed by atoms with E-state index in [2.05, 4.69) is 17.5 Å². The normalized spacial score (nSPS) is 14.7. The second-order valence-corrected chi connectivity index (χ2v) is 3.95. The van der Waals surface area contributed by atoms with Crippen molar-refractivity contribution in [2.75, 3.05) is 0 Å². The highest BCUT2D eigenvalue weighted by atomic mass is 32.1. The van der Waals surface area contributed by atoms with Crippen molar-refractivity contribution in [1.82, 2.24) is 4.72 Å². The molecule has 0 aliphatic heterocycles. The minimum absolute atomic E-state index is 0.0920. The molecule has 0 saturated carbocycles. The molecule has 0 aliphatic carbocycles. The summed E-state index contributed by atoms with van der Waals surface area (Å²) in [6.45, 7) is 1.41. The van der Waals surface area contributed by atoms with Crippen LogP contribution in [-0.4, -0.2) is 0 Å². The molecule has 102 valence electrons. The van der Waals surface area contributed by atoms with Gasteiger partial charge in [0.05, 0.1) is 11.1 Å². The van der Waals surface area contributed by atoms with Crippen LogP contribution in [0.5, 0.6) is 0 Å². The molecule has 0 radical (unpaired) electrons. The van der Waals surface area contributed by atoms with E-state index in [1.165, 1.54) is 6.92 Å². The Balaban J connectivity index is 3.39. The van der Waals surface area contributed by atoms with Crippen molar-refractivity contribution in [2.45, 2.75) is 25.3 Å². The van der Waals surface area contributed by atoms with Crippen LogP contribution in [0.25, 0.3) is 0 Å². The summed E-state index contributed by atoms with van der Waals surface area (Å²) in [5.74, 6) is 0. The Morgan fingerprint density at radius 3 is 1.61 bits per heavy atom. The van der Waals surface area contributed by atoms with Crippen LogP contribution in [0.3, 0.4) is 0 Å². The lowest BCUT2D eigenvalue weighted by Crippen LogP contribution is -2.15. The number of hydrogen-bond donors (Lipinski definition) is 2. The predicted molar refractivity (Wildman–Crippen MR) is 57.0 cm³/mol. The highest BCUT2D eigenvalue weighted by Crippen LogP contribution is 2.37. The minimum Gasteiger partial charge on any atom is -0.260 e. The molecule has 1 N–H and O–H groups in total. The summed E-state index contributed by atoms with van der Waals surface area (Å²) in [7, 11) is 0. The number of hydrogen-bond acceptors (Lipinski definition) is 2. The fourth-order valence-electron chi connectivity index (χ4n) is 1.30. The van der Waals surface area contributed by atoms with Crippen molar-refractivity contribution in [3.8, 4) is 0 Å². The summed E-state index contributed by atoms with van der Waals surface area (Å²) in [5, 5.41) is 0. The standard InChI is InChI=1S/C10H9F6NS/c1-5(17-18)6-2-7(9(11,12)13)4-8(3-6)10(14,15)16/h2-5,17-18H,1H3/t5-/m1/s1. The molecule has 0 heterocycles. The molecule has 0 amide bonds. The maximum absolute atomic E-state index is 12.5. The van der Waals surface area contributed by atoms with Gasteiger partial charge in [0.15, 0.2) is 0 Å². The summed E-state index contributed by atoms with van der Waals surface area (Å²) in [6, 6.07) is 0.692. The second kappa shape index (κ2) is 5.00. The van der Waals surface area contributed by atoms with Crippen LogP contribution < -0.4 is 4.72 Å². The van der Waals surface area contributed by atoms with Crippen molar-refractivity contribution in [3.63, 3.8) is 0 Å². The molecular formula is C10H9F6NS. The van der Waals surface area contributed by atoms with E-state index in [9.17, 15) is 26.3 Å². The van der Waals surface area contributed by atoms with Gasteiger partial charge in [-0.05, 0) is 30.7 Å². The fraction of sp³-hybridized carbons (Fsp3) is 0.400. The van der Waals surface area contributed by atoms with Gasteiger partial charge in [0, 0.05) is 6.04 Å². The first kappa shape index (κ1) is 15.2. The molecule has 0 spiro atoms. The molecule has 0 fully saturated rings. The van der Waals surface area contributed by atoms with Crippen LogP contribution in [-0.2, 0) is 12.4 Å². The van der Waals surface area contributed by atoms with E-state index in [1.807, 2.05) is 0 Å². The summed E-state index contributed by atoms with van der Waals surface area (Å²) in [5.41, 5.74) is -2.79. The Labute approximate surface area is 105 Å². The first-order chi connectivity index (χ1) is 8.05.